The van der Waals surface area contributed by atoms with Crippen LogP contribution in [0, 0.1) is 6.92 Å². The van der Waals surface area contributed by atoms with Crippen LogP contribution in [0.5, 0.6) is 0 Å². The molecule has 0 aliphatic heterocycles. The summed E-state index contributed by atoms with van der Waals surface area (Å²) in [4.78, 5) is 11.3. The number of rotatable bonds is 6. The van der Waals surface area contributed by atoms with Crippen molar-refractivity contribution < 1.29 is 4.79 Å². The fourth-order valence-corrected chi connectivity index (χ4v) is 2.03. The molecule has 3 N–H and O–H groups in total. The quantitative estimate of drug-likeness (QED) is 0.785. The number of carbonyl (C=O) groups excluding carboxylic acids is 1. The van der Waals surface area contributed by atoms with E-state index in [-0.39, 0.29) is 5.91 Å². The fourth-order valence-electron chi connectivity index (χ4n) is 1.21. The van der Waals surface area contributed by atoms with Crippen LogP contribution in [0.15, 0.2) is 24.3 Å². The molecule has 0 aliphatic carbocycles. The molecule has 0 heterocycles. The Bertz CT molecular complexity index is 324. The smallest absolute Gasteiger partial charge is 0.230 e. The highest BCUT2D eigenvalue weighted by molar-refractivity contribution is 7.99. The zero-order valence-electron chi connectivity index (χ0n) is 9.53. The summed E-state index contributed by atoms with van der Waals surface area (Å²) in [7, 11) is 0. The summed E-state index contributed by atoms with van der Waals surface area (Å²) in [5.74, 6) is 1.42. The van der Waals surface area contributed by atoms with E-state index in [0.717, 1.165) is 5.75 Å². The lowest BCUT2D eigenvalue weighted by molar-refractivity contribution is -0.118. The summed E-state index contributed by atoms with van der Waals surface area (Å²) < 4.78 is 0. The van der Waals surface area contributed by atoms with Crippen molar-refractivity contribution in [3.8, 4) is 0 Å². The molecule has 0 saturated heterocycles. The maximum absolute atomic E-state index is 11.3. The monoisotopic (exact) mass is 238 g/mol. The standard InChI is InChI=1S/C12H18N2OS/c1-10-2-4-11(5-3-10)8-16-9-12(15)14-7-6-13/h2-5H,6-9,13H2,1H3,(H,14,15). The number of hydrogen-bond acceptors (Lipinski definition) is 3. The van der Waals surface area contributed by atoms with Crippen LogP contribution in [-0.2, 0) is 10.5 Å². The lowest BCUT2D eigenvalue weighted by Crippen LogP contribution is -2.30. The van der Waals surface area contributed by atoms with E-state index in [0.29, 0.717) is 18.8 Å². The number of hydrogen-bond donors (Lipinski definition) is 2. The van der Waals surface area contributed by atoms with Crippen LogP contribution in [0.2, 0.25) is 0 Å². The van der Waals surface area contributed by atoms with Crippen molar-refractivity contribution in [2.24, 2.45) is 5.73 Å². The first kappa shape index (κ1) is 13.1. The first-order valence-corrected chi connectivity index (χ1v) is 6.48. The predicted molar refractivity (Wildman–Crippen MR) is 69.4 cm³/mol. The predicted octanol–water partition coefficient (Wildman–Crippen LogP) is 1.30. The van der Waals surface area contributed by atoms with Gasteiger partial charge in [-0.25, -0.2) is 0 Å². The Balaban J connectivity index is 2.20. The normalized spacial score (nSPS) is 10.1. The molecule has 16 heavy (non-hydrogen) atoms. The maximum Gasteiger partial charge on any atom is 0.230 e. The minimum Gasteiger partial charge on any atom is -0.354 e. The van der Waals surface area contributed by atoms with Gasteiger partial charge in [0, 0.05) is 18.8 Å². The Labute approximate surface area is 101 Å². The van der Waals surface area contributed by atoms with E-state index in [1.807, 2.05) is 0 Å². The second-order valence-corrected chi connectivity index (χ2v) is 4.60. The highest BCUT2D eigenvalue weighted by atomic mass is 32.2. The van der Waals surface area contributed by atoms with E-state index in [1.165, 1.54) is 11.1 Å². The van der Waals surface area contributed by atoms with Crippen LogP contribution < -0.4 is 11.1 Å². The highest BCUT2D eigenvalue weighted by Gasteiger charge is 2.00. The highest BCUT2D eigenvalue weighted by Crippen LogP contribution is 2.12. The van der Waals surface area contributed by atoms with E-state index in [4.69, 9.17) is 5.73 Å². The molecule has 0 atom stereocenters. The number of thioether (sulfide) groups is 1. The molecule has 4 heteroatoms. The molecule has 1 aromatic rings. The third-order valence-electron chi connectivity index (χ3n) is 2.09. The first-order chi connectivity index (χ1) is 7.72. The Kier molecular flexibility index (Phi) is 5.96. The van der Waals surface area contributed by atoms with Crippen molar-refractivity contribution in [3.63, 3.8) is 0 Å². The zero-order valence-corrected chi connectivity index (χ0v) is 10.3. The first-order valence-electron chi connectivity index (χ1n) is 5.32. The van der Waals surface area contributed by atoms with Crippen molar-refractivity contribution in [2.45, 2.75) is 12.7 Å². The molecule has 0 aliphatic rings. The SMILES string of the molecule is Cc1ccc(CSCC(=O)NCCN)cc1. The summed E-state index contributed by atoms with van der Waals surface area (Å²) in [6, 6.07) is 8.37. The molecule has 1 amide bonds. The van der Waals surface area contributed by atoms with Gasteiger partial charge in [0.25, 0.3) is 0 Å². The van der Waals surface area contributed by atoms with Gasteiger partial charge in [-0.2, -0.15) is 0 Å². The van der Waals surface area contributed by atoms with Crippen LogP contribution in [0.25, 0.3) is 0 Å². The summed E-state index contributed by atoms with van der Waals surface area (Å²) in [6.07, 6.45) is 0. The molecule has 3 nitrogen and oxygen atoms in total. The number of nitrogens with two attached hydrogens (primary N) is 1. The van der Waals surface area contributed by atoms with E-state index in [1.54, 1.807) is 11.8 Å². The Morgan fingerprint density at radius 2 is 2.06 bits per heavy atom. The molecule has 1 aromatic carbocycles. The molecule has 0 bridgehead atoms. The minimum atomic E-state index is 0.0579. The van der Waals surface area contributed by atoms with Gasteiger partial charge in [-0.15, -0.1) is 11.8 Å². The second kappa shape index (κ2) is 7.30. The van der Waals surface area contributed by atoms with Crippen molar-refractivity contribution in [3.05, 3.63) is 35.4 Å². The van der Waals surface area contributed by atoms with Gasteiger partial charge < -0.3 is 11.1 Å². The molecule has 0 fully saturated rings. The molecule has 1 rings (SSSR count). The molecule has 0 unspecified atom stereocenters. The largest absolute Gasteiger partial charge is 0.354 e. The Morgan fingerprint density at radius 3 is 2.69 bits per heavy atom. The topological polar surface area (TPSA) is 55.1 Å². The van der Waals surface area contributed by atoms with Crippen LogP contribution in [-0.4, -0.2) is 24.7 Å². The van der Waals surface area contributed by atoms with E-state index < -0.39 is 0 Å². The van der Waals surface area contributed by atoms with Gasteiger partial charge in [0.15, 0.2) is 0 Å². The number of benzene rings is 1. The van der Waals surface area contributed by atoms with Crippen LogP contribution in [0.1, 0.15) is 11.1 Å². The number of carbonyl (C=O) groups is 1. The number of amides is 1. The fraction of sp³-hybridized carbons (Fsp3) is 0.417. The maximum atomic E-state index is 11.3. The lowest BCUT2D eigenvalue weighted by atomic mass is 10.2. The molecule has 0 saturated carbocycles. The summed E-state index contributed by atoms with van der Waals surface area (Å²) >= 11 is 1.62. The summed E-state index contributed by atoms with van der Waals surface area (Å²) in [5, 5.41) is 2.74. The van der Waals surface area contributed by atoms with Gasteiger partial charge in [-0.05, 0) is 12.5 Å². The lowest BCUT2D eigenvalue weighted by Gasteiger charge is -2.04. The summed E-state index contributed by atoms with van der Waals surface area (Å²) in [6.45, 7) is 3.12. The molecule has 0 spiro atoms. The van der Waals surface area contributed by atoms with E-state index in [9.17, 15) is 4.79 Å². The minimum absolute atomic E-state index is 0.0579. The van der Waals surface area contributed by atoms with Crippen molar-refractivity contribution in [1.82, 2.24) is 5.32 Å². The van der Waals surface area contributed by atoms with Crippen molar-refractivity contribution >= 4 is 17.7 Å². The van der Waals surface area contributed by atoms with Gasteiger partial charge >= 0.3 is 0 Å². The summed E-state index contributed by atoms with van der Waals surface area (Å²) in [5.41, 5.74) is 7.80. The van der Waals surface area contributed by atoms with Crippen LogP contribution in [0.4, 0.5) is 0 Å². The Hall–Kier alpha value is -1.00. The average molecular weight is 238 g/mol. The van der Waals surface area contributed by atoms with Crippen LogP contribution >= 0.6 is 11.8 Å². The third kappa shape index (κ3) is 5.19. The van der Waals surface area contributed by atoms with E-state index in [2.05, 4.69) is 36.5 Å². The molecule has 0 radical (unpaired) electrons. The zero-order chi connectivity index (χ0) is 11.8. The van der Waals surface area contributed by atoms with Gasteiger partial charge in [0.2, 0.25) is 5.91 Å². The van der Waals surface area contributed by atoms with Gasteiger partial charge in [-0.1, -0.05) is 29.8 Å². The van der Waals surface area contributed by atoms with Crippen molar-refractivity contribution in [1.29, 1.82) is 0 Å². The number of nitrogens with one attached hydrogen (secondary N) is 1. The Morgan fingerprint density at radius 1 is 1.38 bits per heavy atom. The molecule has 0 aromatic heterocycles. The van der Waals surface area contributed by atoms with Gasteiger partial charge in [0.05, 0.1) is 5.75 Å². The molecular weight excluding hydrogens is 220 g/mol. The second-order valence-electron chi connectivity index (χ2n) is 3.62. The number of aryl methyl sites for hydroxylation is 1. The van der Waals surface area contributed by atoms with Gasteiger partial charge in [-0.3, -0.25) is 4.79 Å². The average Bonchev–Trinajstić information content (AvgIpc) is 2.29. The molecule has 88 valence electrons. The molecular formula is C12H18N2OS. The van der Waals surface area contributed by atoms with Gasteiger partial charge in [0.1, 0.15) is 0 Å². The third-order valence-corrected chi connectivity index (χ3v) is 3.09. The van der Waals surface area contributed by atoms with E-state index >= 15 is 0 Å². The van der Waals surface area contributed by atoms with Crippen molar-refractivity contribution in [2.75, 3.05) is 18.8 Å². The van der Waals surface area contributed by atoms with Crippen LogP contribution in [0.3, 0.4) is 0 Å².